The third-order valence-electron chi connectivity index (χ3n) is 4.06. The molecule has 1 heterocycles. The lowest BCUT2D eigenvalue weighted by atomic mass is 10.2. The molecule has 7 nitrogen and oxygen atoms in total. The van der Waals surface area contributed by atoms with Gasteiger partial charge in [-0.05, 0) is 41.1 Å². The van der Waals surface area contributed by atoms with Crippen molar-refractivity contribution < 1.29 is 22.7 Å². The Bertz CT molecular complexity index is 1120. The molecule has 152 valence electrons. The number of carbonyl (C=O) groups is 2. The fourth-order valence-corrected chi connectivity index (χ4v) is 4.65. The Hall–Kier alpha value is -2.75. The Morgan fingerprint density at radius 1 is 1.07 bits per heavy atom. The van der Waals surface area contributed by atoms with Gasteiger partial charge in [0.2, 0.25) is 15.9 Å². The molecule has 9 heteroatoms. The number of hydrogen-bond acceptors (Lipinski definition) is 6. The number of fused-ring (bicyclic) bond motifs is 1. The van der Waals surface area contributed by atoms with Gasteiger partial charge in [0.05, 0.1) is 11.3 Å². The van der Waals surface area contributed by atoms with Crippen LogP contribution in [0.1, 0.15) is 18.9 Å². The molecule has 3 aromatic rings. The normalized spacial score (nSPS) is 11.3. The molecule has 0 spiro atoms. The van der Waals surface area contributed by atoms with Crippen LogP contribution in [0.2, 0.25) is 0 Å². The summed E-state index contributed by atoms with van der Waals surface area (Å²) in [4.78, 5) is 23.0. The Labute approximate surface area is 172 Å². The predicted molar refractivity (Wildman–Crippen MR) is 112 cm³/mol. The molecule has 0 bridgehead atoms. The summed E-state index contributed by atoms with van der Waals surface area (Å²) < 4.78 is 33.3. The first-order valence-electron chi connectivity index (χ1n) is 8.83. The van der Waals surface area contributed by atoms with Crippen molar-refractivity contribution in [2.75, 3.05) is 11.9 Å². The van der Waals surface area contributed by atoms with Gasteiger partial charge in [-0.3, -0.25) is 9.59 Å². The van der Waals surface area contributed by atoms with Gasteiger partial charge in [0.25, 0.3) is 0 Å². The van der Waals surface area contributed by atoms with Crippen molar-refractivity contribution in [2.24, 2.45) is 0 Å². The fourth-order valence-electron chi connectivity index (χ4n) is 2.67. The number of ether oxygens (including phenoxy) is 1. The molecule has 0 radical (unpaired) electrons. The molecule has 0 fully saturated rings. The zero-order valence-electron chi connectivity index (χ0n) is 15.7. The average molecular weight is 433 g/mol. The van der Waals surface area contributed by atoms with Gasteiger partial charge in [-0.2, -0.15) is 0 Å². The highest BCUT2D eigenvalue weighted by Crippen LogP contribution is 2.26. The number of benzene rings is 2. The quantitative estimate of drug-likeness (QED) is 0.532. The molecule has 2 aromatic carbocycles. The lowest BCUT2D eigenvalue weighted by molar-refractivity contribution is -0.144. The van der Waals surface area contributed by atoms with Crippen molar-refractivity contribution >= 4 is 49.0 Å². The molecular formula is C20H20N2O5S2. The van der Waals surface area contributed by atoms with E-state index in [1.807, 2.05) is 29.6 Å². The second-order valence-electron chi connectivity index (χ2n) is 6.27. The fraction of sp³-hybridized carbons (Fsp3) is 0.200. The molecule has 29 heavy (non-hydrogen) atoms. The molecule has 0 aliphatic carbocycles. The molecule has 3 rings (SSSR count). The number of rotatable bonds is 8. The van der Waals surface area contributed by atoms with Crippen LogP contribution < -0.4 is 10.0 Å². The maximum atomic E-state index is 12.3. The van der Waals surface area contributed by atoms with Crippen molar-refractivity contribution in [3.63, 3.8) is 0 Å². The molecule has 0 atom stereocenters. The van der Waals surface area contributed by atoms with E-state index in [4.69, 9.17) is 4.74 Å². The number of esters is 1. The number of nitrogens with one attached hydrogen (secondary N) is 2. The summed E-state index contributed by atoms with van der Waals surface area (Å²) in [6.07, 6.45) is -0.0781. The standard InChI is InChI=1S/C20H20N2O5S2/c1-14(23)22-16-6-8-17(9-7-16)29(25,26)21-11-10-20(24)27-12-15-13-28-19-5-3-2-4-18(15)19/h2-9,13,21H,10-12H2,1H3,(H,22,23). The van der Waals surface area contributed by atoms with Crippen LogP contribution in [0.25, 0.3) is 10.1 Å². The number of hydrogen-bond donors (Lipinski definition) is 2. The number of anilines is 1. The number of amides is 1. The predicted octanol–water partition coefficient (Wildman–Crippen LogP) is 3.27. The molecular weight excluding hydrogens is 412 g/mol. The van der Waals surface area contributed by atoms with E-state index >= 15 is 0 Å². The molecule has 0 saturated carbocycles. The summed E-state index contributed by atoms with van der Waals surface area (Å²) in [5, 5.41) is 5.56. The van der Waals surface area contributed by atoms with Gasteiger partial charge in [0.15, 0.2) is 0 Å². The Kier molecular flexibility index (Phi) is 6.63. The number of thiophene rings is 1. The summed E-state index contributed by atoms with van der Waals surface area (Å²) in [5.74, 6) is -0.725. The third-order valence-corrected chi connectivity index (χ3v) is 6.55. The molecule has 0 unspecified atom stereocenters. The smallest absolute Gasteiger partial charge is 0.307 e. The molecule has 2 N–H and O–H groups in total. The van der Waals surface area contributed by atoms with Crippen molar-refractivity contribution in [3.05, 3.63) is 59.5 Å². The Morgan fingerprint density at radius 3 is 2.52 bits per heavy atom. The van der Waals surface area contributed by atoms with Crippen molar-refractivity contribution in [1.82, 2.24) is 4.72 Å². The van der Waals surface area contributed by atoms with Crippen molar-refractivity contribution in [1.29, 1.82) is 0 Å². The molecule has 1 aromatic heterocycles. The van der Waals surface area contributed by atoms with Gasteiger partial charge >= 0.3 is 5.97 Å². The van der Waals surface area contributed by atoms with E-state index < -0.39 is 16.0 Å². The van der Waals surface area contributed by atoms with E-state index in [-0.39, 0.29) is 30.4 Å². The van der Waals surface area contributed by atoms with Gasteiger partial charge in [-0.25, -0.2) is 13.1 Å². The van der Waals surface area contributed by atoms with Crippen LogP contribution in [0.3, 0.4) is 0 Å². The summed E-state index contributed by atoms with van der Waals surface area (Å²) in [5.41, 5.74) is 1.43. The molecule has 0 aliphatic rings. The van der Waals surface area contributed by atoms with Crippen LogP contribution in [0, 0.1) is 0 Å². The first kappa shape index (κ1) is 21.0. The van der Waals surface area contributed by atoms with E-state index in [2.05, 4.69) is 10.0 Å². The van der Waals surface area contributed by atoms with E-state index in [0.29, 0.717) is 5.69 Å². The van der Waals surface area contributed by atoms with Gasteiger partial charge < -0.3 is 10.1 Å². The van der Waals surface area contributed by atoms with E-state index in [1.54, 1.807) is 11.3 Å². The summed E-state index contributed by atoms with van der Waals surface area (Å²) in [6, 6.07) is 13.6. The van der Waals surface area contributed by atoms with Gasteiger partial charge in [0.1, 0.15) is 6.61 Å². The summed E-state index contributed by atoms with van der Waals surface area (Å²) >= 11 is 1.58. The highest BCUT2D eigenvalue weighted by atomic mass is 32.2. The monoisotopic (exact) mass is 432 g/mol. The van der Waals surface area contributed by atoms with Gasteiger partial charge in [-0.15, -0.1) is 11.3 Å². The summed E-state index contributed by atoms with van der Waals surface area (Å²) in [7, 11) is -3.76. The minimum absolute atomic E-state index is 0.0460. The van der Waals surface area contributed by atoms with Gasteiger partial charge in [0, 0.05) is 29.4 Å². The maximum absolute atomic E-state index is 12.3. The highest BCUT2D eigenvalue weighted by molar-refractivity contribution is 7.89. The third kappa shape index (κ3) is 5.63. The largest absolute Gasteiger partial charge is 0.461 e. The van der Waals surface area contributed by atoms with Crippen LogP contribution in [0.15, 0.2) is 58.8 Å². The van der Waals surface area contributed by atoms with E-state index in [9.17, 15) is 18.0 Å². The van der Waals surface area contributed by atoms with Crippen LogP contribution in [0.4, 0.5) is 5.69 Å². The van der Waals surface area contributed by atoms with Crippen LogP contribution in [0.5, 0.6) is 0 Å². The average Bonchev–Trinajstić information content (AvgIpc) is 3.09. The molecule has 1 amide bonds. The minimum Gasteiger partial charge on any atom is -0.461 e. The van der Waals surface area contributed by atoms with Crippen molar-refractivity contribution in [2.45, 2.75) is 24.8 Å². The topological polar surface area (TPSA) is 102 Å². The number of carbonyl (C=O) groups excluding carboxylic acids is 2. The zero-order valence-corrected chi connectivity index (χ0v) is 17.3. The highest BCUT2D eigenvalue weighted by Gasteiger charge is 2.15. The first-order chi connectivity index (χ1) is 13.8. The van der Waals surface area contributed by atoms with Crippen LogP contribution >= 0.6 is 11.3 Å². The second-order valence-corrected chi connectivity index (χ2v) is 8.95. The molecule has 0 saturated heterocycles. The summed E-state index contributed by atoms with van der Waals surface area (Å²) in [6.45, 7) is 1.45. The van der Waals surface area contributed by atoms with E-state index in [0.717, 1.165) is 15.6 Å². The Morgan fingerprint density at radius 2 is 1.79 bits per heavy atom. The molecule has 0 aliphatic heterocycles. The van der Waals surface area contributed by atoms with Crippen LogP contribution in [-0.4, -0.2) is 26.8 Å². The van der Waals surface area contributed by atoms with E-state index in [1.165, 1.54) is 31.2 Å². The van der Waals surface area contributed by atoms with Gasteiger partial charge in [-0.1, -0.05) is 18.2 Å². The second kappa shape index (κ2) is 9.17. The Balaban J connectivity index is 1.48. The maximum Gasteiger partial charge on any atom is 0.307 e. The van der Waals surface area contributed by atoms with Crippen molar-refractivity contribution in [3.8, 4) is 0 Å². The first-order valence-corrected chi connectivity index (χ1v) is 11.2. The lowest BCUT2D eigenvalue weighted by Gasteiger charge is -2.08. The lowest BCUT2D eigenvalue weighted by Crippen LogP contribution is -2.26. The number of sulfonamides is 1. The van der Waals surface area contributed by atoms with Crippen LogP contribution in [-0.2, 0) is 31.0 Å². The zero-order chi connectivity index (χ0) is 20.9. The minimum atomic E-state index is -3.76. The SMILES string of the molecule is CC(=O)Nc1ccc(S(=O)(=O)NCCC(=O)OCc2csc3ccccc23)cc1.